The van der Waals surface area contributed by atoms with Gasteiger partial charge in [0.15, 0.2) is 6.10 Å². The van der Waals surface area contributed by atoms with E-state index >= 15 is 0 Å². The van der Waals surface area contributed by atoms with Crippen LogP contribution in [0.15, 0.2) is 28.7 Å². The standard InChI is InChI=1S/C12H12BrN3O2S/c1-7(18-10-5-3-9(13)4-6-10)11(17)14-12-16-15-8(2)19-12/h3-7H,1-2H3,(H,14,16,17)/t7-/m1/s1. The fraction of sp³-hybridized carbons (Fsp3) is 0.250. The number of ether oxygens (including phenoxy) is 1. The molecule has 100 valence electrons. The molecule has 1 heterocycles. The Hall–Kier alpha value is -1.47. The van der Waals surface area contributed by atoms with Crippen molar-refractivity contribution < 1.29 is 9.53 Å². The summed E-state index contributed by atoms with van der Waals surface area (Å²) in [6, 6.07) is 7.30. The highest BCUT2D eigenvalue weighted by atomic mass is 79.9. The Morgan fingerprint density at radius 2 is 2.05 bits per heavy atom. The maximum atomic E-state index is 11.9. The highest BCUT2D eigenvalue weighted by molar-refractivity contribution is 9.10. The van der Waals surface area contributed by atoms with E-state index in [1.165, 1.54) is 11.3 Å². The lowest BCUT2D eigenvalue weighted by Crippen LogP contribution is -2.30. The van der Waals surface area contributed by atoms with E-state index in [1.54, 1.807) is 19.1 Å². The van der Waals surface area contributed by atoms with E-state index < -0.39 is 6.10 Å². The minimum atomic E-state index is -0.606. The van der Waals surface area contributed by atoms with Crippen LogP contribution in [0.25, 0.3) is 0 Å². The molecule has 0 aliphatic carbocycles. The minimum absolute atomic E-state index is 0.251. The van der Waals surface area contributed by atoms with Gasteiger partial charge in [-0.1, -0.05) is 27.3 Å². The zero-order valence-electron chi connectivity index (χ0n) is 10.4. The average Bonchev–Trinajstić information content (AvgIpc) is 2.77. The first-order chi connectivity index (χ1) is 9.04. The largest absolute Gasteiger partial charge is 0.481 e. The summed E-state index contributed by atoms with van der Waals surface area (Å²) in [5.41, 5.74) is 0. The lowest BCUT2D eigenvalue weighted by molar-refractivity contribution is -0.122. The molecule has 19 heavy (non-hydrogen) atoms. The van der Waals surface area contributed by atoms with Gasteiger partial charge in [0.1, 0.15) is 10.8 Å². The van der Waals surface area contributed by atoms with Crippen molar-refractivity contribution in [3.05, 3.63) is 33.7 Å². The quantitative estimate of drug-likeness (QED) is 0.928. The van der Waals surface area contributed by atoms with Crippen LogP contribution in [0, 0.1) is 6.92 Å². The summed E-state index contributed by atoms with van der Waals surface area (Å²) in [5, 5.41) is 11.6. The molecule has 1 atom stereocenters. The summed E-state index contributed by atoms with van der Waals surface area (Å²) in [6.07, 6.45) is -0.606. The number of hydrogen-bond donors (Lipinski definition) is 1. The van der Waals surface area contributed by atoms with Crippen molar-refractivity contribution in [2.24, 2.45) is 0 Å². The van der Waals surface area contributed by atoms with Crippen LogP contribution >= 0.6 is 27.3 Å². The first-order valence-electron chi connectivity index (χ1n) is 5.58. The normalized spacial score (nSPS) is 11.9. The molecule has 0 radical (unpaired) electrons. The van der Waals surface area contributed by atoms with Gasteiger partial charge in [-0.05, 0) is 38.1 Å². The molecule has 0 bridgehead atoms. The zero-order chi connectivity index (χ0) is 13.8. The molecular formula is C12H12BrN3O2S. The number of carbonyl (C=O) groups is 1. The second-order valence-corrected chi connectivity index (χ2v) is 5.93. The number of halogens is 1. The van der Waals surface area contributed by atoms with Gasteiger partial charge < -0.3 is 4.74 Å². The number of benzene rings is 1. The molecule has 1 N–H and O–H groups in total. The van der Waals surface area contributed by atoms with Gasteiger partial charge in [-0.2, -0.15) is 0 Å². The number of amides is 1. The number of rotatable bonds is 4. The molecule has 0 spiro atoms. The average molecular weight is 342 g/mol. The summed E-state index contributed by atoms with van der Waals surface area (Å²) in [7, 11) is 0. The van der Waals surface area contributed by atoms with E-state index in [9.17, 15) is 4.79 Å². The van der Waals surface area contributed by atoms with Crippen molar-refractivity contribution >= 4 is 38.3 Å². The first-order valence-corrected chi connectivity index (χ1v) is 7.19. The summed E-state index contributed by atoms with van der Waals surface area (Å²) in [6.45, 7) is 3.51. The Morgan fingerprint density at radius 3 is 2.63 bits per heavy atom. The Bertz CT molecular complexity index is 571. The maximum absolute atomic E-state index is 11.9. The fourth-order valence-corrected chi connectivity index (χ4v) is 2.18. The molecule has 0 saturated heterocycles. The van der Waals surface area contributed by atoms with Gasteiger partial charge in [0.2, 0.25) is 5.13 Å². The third-order valence-corrected chi connectivity index (χ3v) is 3.53. The molecule has 0 aliphatic rings. The lowest BCUT2D eigenvalue weighted by Gasteiger charge is -2.13. The molecule has 0 unspecified atom stereocenters. The number of hydrogen-bond acceptors (Lipinski definition) is 5. The predicted molar refractivity (Wildman–Crippen MR) is 77.5 cm³/mol. The summed E-state index contributed by atoms with van der Waals surface area (Å²) in [4.78, 5) is 11.9. The minimum Gasteiger partial charge on any atom is -0.481 e. The van der Waals surface area contributed by atoms with Crippen molar-refractivity contribution in [3.63, 3.8) is 0 Å². The third kappa shape index (κ3) is 4.00. The van der Waals surface area contributed by atoms with Gasteiger partial charge in [0.25, 0.3) is 5.91 Å². The molecule has 0 fully saturated rings. The summed E-state index contributed by atoms with van der Waals surface area (Å²) < 4.78 is 6.49. The molecule has 0 saturated carbocycles. The van der Waals surface area contributed by atoms with Gasteiger partial charge in [0.05, 0.1) is 0 Å². The van der Waals surface area contributed by atoms with Crippen LogP contribution in [0.3, 0.4) is 0 Å². The topological polar surface area (TPSA) is 64.1 Å². The van der Waals surface area contributed by atoms with Crippen molar-refractivity contribution in [3.8, 4) is 5.75 Å². The van der Waals surface area contributed by atoms with Gasteiger partial charge >= 0.3 is 0 Å². The van der Waals surface area contributed by atoms with Crippen LogP contribution in [0.1, 0.15) is 11.9 Å². The van der Waals surface area contributed by atoms with Crippen LogP contribution < -0.4 is 10.1 Å². The number of anilines is 1. The Morgan fingerprint density at radius 1 is 1.37 bits per heavy atom. The van der Waals surface area contributed by atoms with Crippen molar-refractivity contribution in [2.45, 2.75) is 20.0 Å². The Labute approximate surface area is 123 Å². The Balaban J connectivity index is 1.94. The molecule has 1 aromatic carbocycles. The SMILES string of the molecule is Cc1nnc(NC(=O)[C@@H](C)Oc2ccc(Br)cc2)s1. The van der Waals surface area contributed by atoms with Gasteiger partial charge in [-0.15, -0.1) is 10.2 Å². The highest BCUT2D eigenvalue weighted by Crippen LogP contribution is 2.18. The number of aromatic nitrogens is 2. The summed E-state index contributed by atoms with van der Waals surface area (Å²) >= 11 is 4.66. The molecule has 7 heteroatoms. The molecule has 1 aromatic heterocycles. The predicted octanol–water partition coefficient (Wildman–Crippen LogP) is 3.02. The monoisotopic (exact) mass is 341 g/mol. The van der Waals surface area contributed by atoms with Crippen LogP contribution in [-0.2, 0) is 4.79 Å². The number of nitrogens with one attached hydrogen (secondary N) is 1. The summed E-state index contributed by atoms with van der Waals surface area (Å²) in [5.74, 6) is 0.387. The van der Waals surface area contributed by atoms with Gasteiger partial charge in [0, 0.05) is 4.47 Å². The van der Waals surface area contributed by atoms with E-state index in [0.717, 1.165) is 9.48 Å². The van der Waals surface area contributed by atoms with Crippen LogP contribution in [0.5, 0.6) is 5.75 Å². The van der Waals surface area contributed by atoms with Gasteiger partial charge in [-0.3, -0.25) is 10.1 Å². The highest BCUT2D eigenvalue weighted by Gasteiger charge is 2.16. The van der Waals surface area contributed by atoms with E-state index in [0.29, 0.717) is 10.9 Å². The van der Waals surface area contributed by atoms with Crippen molar-refractivity contribution in [1.82, 2.24) is 10.2 Å². The molecule has 0 aliphatic heterocycles. The number of nitrogens with zero attached hydrogens (tertiary/aromatic N) is 2. The van der Waals surface area contributed by atoms with E-state index in [-0.39, 0.29) is 5.91 Å². The van der Waals surface area contributed by atoms with Gasteiger partial charge in [-0.25, -0.2) is 0 Å². The smallest absolute Gasteiger partial charge is 0.266 e. The second-order valence-electron chi connectivity index (χ2n) is 3.83. The zero-order valence-corrected chi connectivity index (χ0v) is 12.8. The van der Waals surface area contributed by atoms with Crippen molar-refractivity contribution in [1.29, 1.82) is 0 Å². The number of carbonyl (C=O) groups excluding carboxylic acids is 1. The van der Waals surface area contributed by atoms with E-state index in [4.69, 9.17) is 4.74 Å². The second kappa shape index (κ2) is 6.12. The molecule has 2 rings (SSSR count). The Kier molecular flexibility index (Phi) is 4.49. The van der Waals surface area contributed by atoms with Crippen LogP contribution in [0.2, 0.25) is 0 Å². The van der Waals surface area contributed by atoms with E-state index in [2.05, 4.69) is 31.4 Å². The molecule has 2 aromatic rings. The number of aryl methyl sites for hydroxylation is 1. The molecule has 1 amide bonds. The molecule has 5 nitrogen and oxygen atoms in total. The fourth-order valence-electron chi connectivity index (χ4n) is 1.32. The van der Waals surface area contributed by atoms with Crippen LogP contribution in [0.4, 0.5) is 5.13 Å². The molecular weight excluding hydrogens is 330 g/mol. The van der Waals surface area contributed by atoms with Crippen molar-refractivity contribution in [2.75, 3.05) is 5.32 Å². The lowest BCUT2D eigenvalue weighted by atomic mass is 10.3. The van der Waals surface area contributed by atoms with E-state index in [1.807, 2.05) is 19.1 Å². The maximum Gasteiger partial charge on any atom is 0.266 e. The first kappa shape index (κ1) is 14.0. The van der Waals surface area contributed by atoms with Crippen LogP contribution in [-0.4, -0.2) is 22.2 Å². The third-order valence-electron chi connectivity index (χ3n) is 2.25.